The van der Waals surface area contributed by atoms with Crippen molar-refractivity contribution in [3.63, 3.8) is 0 Å². The van der Waals surface area contributed by atoms with Crippen molar-refractivity contribution < 1.29 is 14.6 Å². The van der Waals surface area contributed by atoms with E-state index in [0.29, 0.717) is 6.54 Å². The highest BCUT2D eigenvalue weighted by molar-refractivity contribution is 5.27. The van der Waals surface area contributed by atoms with Crippen LogP contribution in [0.1, 0.15) is 16.7 Å². The predicted octanol–water partition coefficient (Wildman–Crippen LogP) is 3.02. The van der Waals surface area contributed by atoms with Crippen molar-refractivity contribution in [2.75, 3.05) is 26.9 Å². The molecule has 4 heteroatoms. The molecule has 0 aliphatic carbocycles. The van der Waals surface area contributed by atoms with Gasteiger partial charge in [-0.15, -0.1) is 6.42 Å². The second-order valence-corrected chi connectivity index (χ2v) is 6.38. The molecule has 0 aliphatic rings. The van der Waals surface area contributed by atoms with E-state index in [1.807, 2.05) is 24.3 Å². The van der Waals surface area contributed by atoms with Crippen LogP contribution in [0.5, 0.6) is 5.75 Å². The third-order valence-electron chi connectivity index (χ3n) is 4.02. The standard InChI is InChI=1S/C22H27NO3/c1-4-12-26-17-21(24)16-23(15-20-7-5-6-18(2)13-20)14-19-8-10-22(25-3)11-9-19/h1,5-11,13,21,24H,12,14-17H2,2-3H3/t21-/m1/s1. The first-order chi connectivity index (χ1) is 12.6. The summed E-state index contributed by atoms with van der Waals surface area (Å²) < 4.78 is 10.5. The number of nitrogens with zero attached hydrogens (tertiary/aromatic N) is 1. The third-order valence-corrected chi connectivity index (χ3v) is 4.02. The number of aryl methyl sites for hydroxylation is 1. The first kappa shape index (κ1) is 20.0. The second-order valence-electron chi connectivity index (χ2n) is 6.38. The van der Waals surface area contributed by atoms with Crippen molar-refractivity contribution in [3.05, 3.63) is 65.2 Å². The van der Waals surface area contributed by atoms with Crippen LogP contribution in [-0.2, 0) is 17.8 Å². The van der Waals surface area contributed by atoms with Gasteiger partial charge in [0.15, 0.2) is 0 Å². The van der Waals surface area contributed by atoms with Crippen LogP contribution in [0.25, 0.3) is 0 Å². The van der Waals surface area contributed by atoms with Gasteiger partial charge >= 0.3 is 0 Å². The van der Waals surface area contributed by atoms with E-state index in [4.69, 9.17) is 15.9 Å². The number of rotatable bonds is 10. The van der Waals surface area contributed by atoms with Crippen molar-refractivity contribution in [2.24, 2.45) is 0 Å². The van der Waals surface area contributed by atoms with Crippen LogP contribution in [0.15, 0.2) is 48.5 Å². The van der Waals surface area contributed by atoms with Crippen LogP contribution in [0.2, 0.25) is 0 Å². The smallest absolute Gasteiger partial charge is 0.118 e. The summed E-state index contributed by atoms with van der Waals surface area (Å²) >= 11 is 0. The molecule has 0 amide bonds. The Balaban J connectivity index is 2.05. The summed E-state index contributed by atoms with van der Waals surface area (Å²) in [5.41, 5.74) is 3.61. The molecule has 0 spiro atoms. The van der Waals surface area contributed by atoms with E-state index in [2.05, 4.69) is 42.0 Å². The number of hydrogen-bond acceptors (Lipinski definition) is 4. The molecule has 0 aromatic heterocycles. The Kier molecular flexibility index (Phi) is 8.17. The molecule has 1 N–H and O–H groups in total. The molecule has 0 saturated carbocycles. The maximum Gasteiger partial charge on any atom is 0.118 e. The molecular weight excluding hydrogens is 326 g/mol. The highest BCUT2D eigenvalue weighted by Crippen LogP contribution is 2.15. The minimum atomic E-state index is -0.591. The average molecular weight is 353 g/mol. The van der Waals surface area contributed by atoms with Crippen LogP contribution in [-0.4, -0.2) is 43.0 Å². The lowest BCUT2D eigenvalue weighted by Crippen LogP contribution is -2.34. The molecular formula is C22H27NO3. The molecule has 4 nitrogen and oxygen atoms in total. The summed E-state index contributed by atoms with van der Waals surface area (Å²) in [4.78, 5) is 2.21. The summed E-state index contributed by atoms with van der Waals surface area (Å²) in [7, 11) is 1.66. The molecule has 2 rings (SSSR count). The van der Waals surface area contributed by atoms with Gasteiger partial charge in [0.2, 0.25) is 0 Å². The molecule has 138 valence electrons. The fraction of sp³-hybridized carbons (Fsp3) is 0.364. The summed E-state index contributed by atoms with van der Waals surface area (Å²) in [5, 5.41) is 10.3. The zero-order chi connectivity index (χ0) is 18.8. The molecule has 0 unspecified atom stereocenters. The number of hydrogen-bond donors (Lipinski definition) is 1. The van der Waals surface area contributed by atoms with Gasteiger partial charge in [-0.05, 0) is 30.2 Å². The highest BCUT2D eigenvalue weighted by Gasteiger charge is 2.13. The molecule has 0 bridgehead atoms. The van der Waals surface area contributed by atoms with Gasteiger partial charge < -0.3 is 14.6 Å². The number of methoxy groups -OCH3 is 1. The lowest BCUT2D eigenvalue weighted by molar-refractivity contribution is 0.0243. The molecule has 0 saturated heterocycles. The van der Waals surface area contributed by atoms with Crippen molar-refractivity contribution >= 4 is 0 Å². The SMILES string of the molecule is C#CCOC[C@H](O)CN(Cc1ccc(OC)cc1)Cc1cccc(C)c1. The van der Waals surface area contributed by atoms with Gasteiger partial charge in [0.1, 0.15) is 12.4 Å². The van der Waals surface area contributed by atoms with Gasteiger partial charge in [-0.1, -0.05) is 47.9 Å². The fourth-order valence-electron chi connectivity index (χ4n) is 2.85. The van der Waals surface area contributed by atoms with Crippen molar-refractivity contribution in [1.82, 2.24) is 4.90 Å². The minimum Gasteiger partial charge on any atom is -0.497 e. The number of terminal acetylenes is 1. The van der Waals surface area contributed by atoms with E-state index in [0.717, 1.165) is 24.4 Å². The first-order valence-electron chi connectivity index (χ1n) is 8.71. The first-order valence-corrected chi connectivity index (χ1v) is 8.71. The van der Waals surface area contributed by atoms with Gasteiger partial charge in [-0.25, -0.2) is 0 Å². The Hall–Kier alpha value is -2.32. The number of ether oxygens (including phenoxy) is 2. The monoisotopic (exact) mass is 353 g/mol. The van der Waals surface area contributed by atoms with Crippen molar-refractivity contribution in [1.29, 1.82) is 0 Å². The Morgan fingerprint density at radius 1 is 1.12 bits per heavy atom. The van der Waals surface area contributed by atoms with E-state index in [1.54, 1.807) is 7.11 Å². The molecule has 2 aromatic carbocycles. The maximum atomic E-state index is 10.3. The Labute approximate surface area is 156 Å². The summed E-state index contributed by atoms with van der Waals surface area (Å²) in [6, 6.07) is 16.4. The Morgan fingerprint density at radius 3 is 2.50 bits per heavy atom. The summed E-state index contributed by atoms with van der Waals surface area (Å²) in [6.07, 6.45) is 4.59. The molecule has 0 fully saturated rings. The summed E-state index contributed by atoms with van der Waals surface area (Å²) in [5.74, 6) is 3.25. The molecule has 0 aliphatic heterocycles. The van der Waals surface area contributed by atoms with E-state index in [9.17, 15) is 5.11 Å². The van der Waals surface area contributed by atoms with E-state index in [1.165, 1.54) is 11.1 Å². The van der Waals surface area contributed by atoms with E-state index >= 15 is 0 Å². The molecule has 26 heavy (non-hydrogen) atoms. The van der Waals surface area contributed by atoms with Gasteiger partial charge in [0.25, 0.3) is 0 Å². The fourth-order valence-corrected chi connectivity index (χ4v) is 2.85. The second kappa shape index (κ2) is 10.6. The molecule has 2 aromatic rings. The molecule has 1 atom stereocenters. The van der Waals surface area contributed by atoms with Gasteiger partial charge in [0.05, 0.1) is 19.8 Å². The normalized spacial score (nSPS) is 12.0. The Bertz CT molecular complexity index is 706. The quantitative estimate of drug-likeness (QED) is 0.527. The largest absolute Gasteiger partial charge is 0.497 e. The van der Waals surface area contributed by atoms with Crippen LogP contribution >= 0.6 is 0 Å². The number of benzene rings is 2. The van der Waals surface area contributed by atoms with E-state index < -0.39 is 6.10 Å². The zero-order valence-corrected chi connectivity index (χ0v) is 15.5. The van der Waals surface area contributed by atoms with Crippen LogP contribution in [0.3, 0.4) is 0 Å². The van der Waals surface area contributed by atoms with Crippen LogP contribution in [0, 0.1) is 19.3 Å². The van der Waals surface area contributed by atoms with Crippen molar-refractivity contribution in [3.8, 4) is 18.1 Å². The Morgan fingerprint density at radius 2 is 1.85 bits per heavy atom. The van der Waals surface area contributed by atoms with Gasteiger partial charge in [0, 0.05) is 19.6 Å². The van der Waals surface area contributed by atoms with Crippen molar-refractivity contribution in [2.45, 2.75) is 26.1 Å². The zero-order valence-electron chi connectivity index (χ0n) is 15.5. The number of aliphatic hydroxyl groups is 1. The maximum absolute atomic E-state index is 10.3. The third kappa shape index (κ3) is 6.89. The highest BCUT2D eigenvalue weighted by atomic mass is 16.5. The van der Waals surface area contributed by atoms with Gasteiger partial charge in [-0.2, -0.15) is 0 Å². The molecule has 0 heterocycles. The topological polar surface area (TPSA) is 41.9 Å². The predicted molar refractivity (Wildman–Crippen MR) is 104 cm³/mol. The van der Waals surface area contributed by atoms with Crippen LogP contribution < -0.4 is 4.74 Å². The van der Waals surface area contributed by atoms with Gasteiger partial charge in [-0.3, -0.25) is 4.90 Å². The lowest BCUT2D eigenvalue weighted by Gasteiger charge is -2.25. The van der Waals surface area contributed by atoms with E-state index in [-0.39, 0.29) is 13.2 Å². The lowest BCUT2D eigenvalue weighted by atomic mass is 10.1. The summed E-state index contributed by atoms with van der Waals surface area (Å²) in [6.45, 7) is 4.51. The average Bonchev–Trinajstić information content (AvgIpc) is 2.62. The van der Waals surface area contributed by atoms with Crippen LogP contribution in [0.4, 0.5) is 0 Å². The molecule has 0 radical (unpaired) electrons. The number of aliphatic hydroxyl groups excluding tert-OH is 1. The minimum absolute atomic E-state index is 0.216.